The van der Waals surface area contributed by atoms with Gasteiger partial charge >= 0.3 is 0 Å². The van der Waals surface area contributed by atoms with Crippen molar-refractivity contribution < 1.29 is 8.42 Å². The summed E-state index contributed by atoms with van der Waals surface area (Å²) in [5.41, 5.74) is 0. The van der Waals surface area contributed by atoms with E-state index in [0.717, 1.165) is 68.3 Å². The van der Waals surface area contributed by atoms with Gasteiger partial charge in [-0.15, -0.1) is 0 Å². The molecule has 2 fully saturated rings. The van der Waals surface area contributed by atoms with Crippen LogP contribution in [0.15, 0.2) is 35.6 Å². The third kappa shape index (κ3) is 5.08. The number of hydrogen-bond donors (Lipinski definition) is 0. The number of hydrogen-bond acceptors (Lipinski definition) is 8. The van der Waals surface area contributed by atoms with E-state index in [1.807, 2.05) is 37.5 Å². The van der Waals surface area contributed by atoms with E-state index >= 15 is 0 Å². The van der Waals surface area contributed by atoms with E-state index < -0.39 is 9.84 Å². The summed E-state index contributed by atoms with van der Waals surface area (Å²) >= 11 is 0. The first kappa shape index (κ1) is 21.8. The van der Waals surface area contributed by atoms with Crippen LogP contribution in [0.3, 0.4) is 0 Å². The van der Waals surface area contributed by atoms with Crippen molar-refractivity contribution >= 4 is 27.3 Å². The summed E-state index contributed by atoms with van der Waals surface area (Å²) in [4.78, 5) is 20.4. The van der Waals surface area contributed by atoms with Crippen LogP contribution >= 0.6 is 0 Å². The molecular formula is C22H32N6O2S. The smallest absolute Gasteiger partial charge is 0.177 e. The Kier molecular flexibility index (Phi) is 6.31. The SMILES string of the molecule is CN(C)c1cnc(N2CCC(C3CCN(c4ccc(S(C)(=O)=O)cn4)CC3)CC2)cn1. The quantitative estimate of drug-likeness (QED) is 0.696. The predicted molar refractivity (Wildman–Crippen MR) is 124 cm³/mol. The van der Waals surface area contributed by atoms with Gasteiger partial charge in [0.25, 0.3) is 0 Å². The second-order valence-corrected chi connectivity index (χ2v) is 10.9. The lowest BCUT2D eigenvalue weighted by Crippen LogP contribution is -2.41. The van der Waals surface area contributed by atoms with Gasteiger partial charge in [-0.25, -0.2) is 23.4 Å². The highest BCUT2D eigenvalue weighted by Gasteiger charge is 2.30. The Labute approximate surface area is 185 Å². The van der Waals surface area contributed by atoms with E-state index in [4.69, 9.17) is 0 Å². The van der Waals surface area contributed by atoms with Gasteiger partial charge in [-0.2, -0.15) is 0 Å². The zero-order valence-electron chi connectivity index (χ0n) is 18.6. The van der Waals surface area contributed by atoms with E-state index in [2.05, 4.69) is 24.8 Å². The van der Waals surface area contributed by atoms with Crippen LogP contribution < -0.4 is 14.7 Å². The lowest BCUT2D eigenvalue weighted by molar-refractivity contribution is 0.232. The number of aromatic nitrogens is 3. The van der Waals surface area contributed by atoms with Crippen molar-refractivity contribution in [3.63, 3.8) is 0 Å². The Balaban J connectivity index is 1.27. The lowest BCUT2D eigenvalue weighted by Gasteiger charge is -2.40. The first-order chi connectivity index (χ1) is 14.8. The van der Waals surface area contributed by atoms with Crippen molar-refractivity contribution in [3.8, 4) is 0 Å². The third-order valence-corrected chi connectivity index (χ3v) is 7.72. The number of pyridine rings is 1. The molecule has 0 atom stereocenters. The number of piperidine rings is 2. The fourth-order valence-electron chi connectivity index (χ4n) is 4.69. The van der Waals surface area contributed by atoms with Crippen molar-refractivity contribution in [2.75, 3.05) is 61.2 Å². The van der Waals surface area contributed by atoms with Crippen LogP contribution in [0.5, 0.6) is 0 Å². The van der Waals surface area contributed by atoms with Crippen LogP contribution in [-0.2, 0) is 9.84 Å². The van der Waals surface area contributed by atoms with Gasteiger partial charge in [-0.1, -0.05) is 0 Å². The second kappa shape index (κ2) is 8.98. The van der Waals surface area contributed by atoms with Crippen molar-refractivity contribution in [1.29, 1.82) is 0 Å². The average molecular weight is 445 g/mol. The van der Waals surface area contributed by atoms with Crippen LogP contribution in [0.4, 0.5) is 17.5 Å². The Hall–Kier alpha value is -2.42. The summed E-state index contributed by atoms with van der Waals surface area (Å²) in [6, 6.07) is 3.49. The molecule has 2 aromatic heterocycles. The largest absolute Gasteiger partial charge is 0.361 e. The molecule has 2 aromatic rings. The van der Waals surface area contributed by atoms with Crippen molar-refractivity contribution in [2.45, 2.75) is 30.6 Å². The van der Waals surface area contributed by atoms with Gasteiger partial charge in [0, 0.05) is 52.7 Å². The van der Waals surface area contributed by atoms with Crippen LogP contribution in [0, 0.1) is 11.8 Å². The second-order valence-electron chi connectivity index (χ2n) is 8.90. The minimum Gasteiger partial charge on any atom is -0.361 e. The first-order valence-corrected chi connectivity index (χ1v) is 12.9. The molecule has 2 aliphatic rings. The van der Waals surface area contributed by atoms with E-state index in [0.29, 0.717) is 0 Å². The maximum atomic E-state index is 11.6. The molecule has 2 saturated heterocycles. The van der Waals surface area contributed by atoms with Gasteiger partial charge in [-0.3, -0.25) is 0 Å². The molecule has 0 bridgehead atoms. The lowest BCUT2D eigenvalue weighted by atomic mass is 9.79. The summed E-state index contributed by atoms with van der Waals surface area (Å²) in [6.07, 6.45) is 11.1. The van der Waals surface area contributed by atoms with Gasteiger partial charge in [0.15, 0.2) is 9.84 Å². The van der Waals surface area contributed by atoms with Gasteiger partial charge < -0.3 is 14.7 Å². The van der Waals surface area contributed by atoms with Crippen molar-refractivity contribution in [1.82, 2.24) is 15.0 Å². The van der Waals surface area contributed by atoms with Crippen LogP contribution in [0.25, 0.3) is 0 Å². The molecule has 0 radical (unpaired) electrons. The molecule has 8 nitrogen and oxygen atoms in total. The average Bonchev–Trinajstić information content (AvgIpc) is 2.79. The summed E-state index contributed by atoms with van der Waals surface area (Å²) < 4.78 is 23.3. The molecule has 2 aliphatic heterocycles. The van der Waals surface area contributed by atoms with Gasteiger partial charge in [0.1, 0.15) is 17.5 Å². The Morgan fingerprint density at radius 2 is 1.35 bits per heavy atom. The summed E-state index contributed by atoms with van der Waals surface area (Å²) in [6.45, 7) is 4.03. The predicted octanol–water partition coefficient (Wildman–Crippen LogP) is 2.47. The molecule has 0 spiro atoms. The first-order valence-electron chi connectivity index (χ1n) is 11.0. The highest BCUT2D eigenvalue weighted by atomic mass is 32.2. The van der Waals surface area contributed by atoms with Crippen molar-refractivity contribution in [2.24, 2.45) is 11.8 Å². The van der Waals surface area contributed by atoms with E-state index in [1.54, 1.807) is 6.07 Å². The molecule has 4 heterocycles. The molecule has 0 amide bonds. The number of anilines is 3. The Morgan fingerprint density at radius 3 is 1.77 bits per heavy atom. The monoisotopic (exact) mass is 444 g/mol. The number of rotatable bonds is 5. The molecule has 0 unspecified atom stereocenters. The van der Waals surface area contributed by atoms with E-state index in [-0.39, 0.29) is 4.90 Å². The molecule has 0 N–H and O–H groups in total. The van der Waals surface area contributed by atoms with Gasteiger partial charge in [-0.05, 0) is 49.7 Å². The van der Waals surface area contributed by atoms with Crippen LogP contribution in [0.1, 0.15) is 25.7 Å². The molecule has 0 aliphatic carbocycles. The molecule has 9 heteroatoms. The topological polar surface area (TPSA) is 82.5 Å². The Bertz CT molecular complexity index is 962. The van der Waals surface area contributed by atoms with E-state index in [9.17, 15) is 8.42 Å². The van der Waals surface area contributed by atoms with E-state index in [1.165, 1.54) is 25.3 Å². The van der Waals surface area contributed by atoms with Crippen LogP contribution in [-0.4, -0.2) is 69.9 Å². The molecule has 168 valence electrons. The molecule has 31 heavy (non-hydrogen) atoms. The van der Waals surface area contributed by atoms with Gasteiger partial charge in [0.05, 0.1) is 17.3 Å². The summed E-state index contributed by atoms with van der Waals surface area (Å²) in [5.74, 6) is 4.23. The Morgan fingerprint density at radius 1 is 0.806 bits per heavy atom. The minimum atomic E-state index is -3.20. The molecule has 0 aromatic carbocycles. The maximum absolute atomic E-state index is 11.6. The minimum absolute atomic E-state index is 0.277. The fourth-order valence-corrected chi connectivity index (χ4v) is 5.25. The highest BCUT2D eigenvalue weighted by molar-refractivity contribution is 7.90. The number of nitrogens with zero attached hydrogens (tertiary/aromatic N) is 6. The number of sulfone groups is 1. The standard InChI is InChI=1S/C22H32N6O2S/c1-26(2)21-15-25-22(16-24-21)28-12-8-18(9-13-28)17-6-10-27(11-7-17)20-5-4-19(14-23-20)31(3,29)30/h4-5,14-18H,6-13H2,1-3H3. The van der Waals surface area contributed by atoms with Crippen LogP contribution in [0.2, 0.25) is 0 Å². The maximum Gasteiger partial charge on any atom is 0.177 e. The normalized spacial score (nSPS) is 18.9. The zero-order chi connectivity index (χ0) is 22.0. The fraction of sp³-hybridized carbons (Fsp3) is 0.591. The summed E-state index contributed by atoms with van der Waals surface area (Å²) in [5, 5.41) is 0. The summed E-state index contributed by atoms with van der Waals surface area (Å²) in [7, 11) is 0.747. The van der Waals surface area contributed by atoms with Gasteiger partial charge in [0.2, 0.25) is 0 Å². The molecule has 4 rings (SSSR count). The molecule has 0 saturated carbocycles. The third-order valence-electron chi connectivity index (χ3n) is 6.63. The zero-order valence-corrected chi connectivity index (χ0v) is 19.4. The highest BCUT2D eigenvalue weighted by Crippen LogP contribution is 2.34. The molecular weight excluding hydrogens is 412 g/mol. The van der Waals surface area contributed by atoms with Crippen molar-refractivity contribution in [3.05, 3.63) is 30.7 Å².